The Bertz CT molecular complexity index is 991. The number of rotatable bonds is 5. The molecular weight excluding hydrogens is 340 g/mol. The molecule has 4 rings (SSSR count). The van der Waals surface area contributed by atoms with Gasteiger partial charge >= 0.3 is 0 Å². The van der Waals surface area contributed by atoms with Gasteiger partial charge in [0.25, 0.3) is 0 Å². The van der Waals surface area contributed by atoms with Gasteiger partial charge in [0.15, 0.2) is 0 Å². The zero-order valence-corrected chi connectivity index (χ0v) is 15.3. The van der Waals surface area contributed by atoms with Gasteiger partial charge in [0.1, 0.15) is 5.58 Å². The fourth-order valence-electron chi connectivity index (χ4n) is 3.61. The van der Waals surface area contributed by atoms with Crippen molar-refractivity contribution in [2.75, 3.05) is 18.9 Å². The number of amides is 2. The molecule has 5 nitrogen and oxygen atoms in total. The third kappa shape index (κ3) is 3.72. The molecule has 3 aromatic rings. The fraction of sp³-hybridized carbons (Fsp3) is 0.273. The zero-order chi connectivity index (χ0) is 18.8. The molecule has 1 aromatic heterocycles. The number of benzene rings is 2. The Kier molecular flexibility index (Phi) is 4.67. The molecule has 0 atom stereocenters. The molecule has 0 saturated carbocycles. The first kappa shape index (κ1) is 17.3. The lowest BCUT2D eigenvalue weighted by molar-refractivity contribution is -0.132. The number of aryl methyl sites for hydroxylation is 2. The lowest BCUT2D eigenvalue weighted by Gasteiger charge is -2.16. The Balaban J connectivity index is 1.41. The van der Waals surface area contributed by atoms with E-state index in [1.807, 2.05) is 30.3 Å². The zero-order valence-electron chi connectivity index (χ0n) is 15.3. The molecule has 0 unspecified atom stereocenters. The van der Waals surface area contributed by atoms with Crippen LogP contribution in [0.25, 0.3) is 11.0 Å². The summed E-state index contributed by atoms with van der Waals surface area (Å²) in [5.41, 5.74) is 5.14. The first-order valence-corrected chi connectivity index (χ1v) is 9.21. The van der Waals surface area contributed by atoms with Gasteiger partial charge in [-0.3, -0.25) is 9.59 Å². The number of likely N-dealkylation sites (N-methyl/N-ethyl adjacent to an activating group) is 1. The van der Waals surface area contributed by atoms with Gasteiger partial charge in [0.05, 0.1) is 19.2 Å². The number of anilines is 1. The number of fused-ring (bicyclic) bond motifs is 2. The van der Waals surface area contributed by atoms with Crippen LogP contribution in [0.5, 0.6) is 0 Å². The summed E-state index contributed by atoms with van der Waals surface area (Å²) in [4.78, 5) is 26.2. The smallest absolute Gasteiger partial charge is 0.243 e. The highest BCUT2D eigenvalue weighted by Gasteiger charge is 2.19. The van der Waals surface area contributed by atoms with E-state index < -0.39 is 0 Å². The molecule has 2 amide bonds. The number of para-hydroxylation sites is 1. The number of hydrogen-bond acceptors (Lipinski definition) is 3. The summed E-state index contributed by atoms with van der Waals surface area (Å²) in [7, 11) is 1.65. The molecule has 0 spiro atoms. The molecule has 0 aliphatic heterocycles. The van der Waals surface area contributed by atoms with E-state index in [4.69, 9.17) is 4.42 Å². The van der Waals surface area contributed by atoms with E-state index in [-0.39, 0.29) is 24.8 Å². The largest absolute Gasteiger partial charge is 0.464 e. The van der Waals surface area contributed by atoms with E-state index in [1.165, 1.54) is 22.4 Å². The molecule has 5 heteroatoms. The van der Waals surface area contributed by atoms with E-state index in [2.05, 4.69) is 17.4 Å². The van der Waals surface area contributed by atoms with Crippen LogP contribution >= 0.6 is 0 Å². The molecular formula is C22H22N2O3. The van der Waals surface area contributed by atoms with E-state index >= 15 is 0 Å². The van der Waals surface area contributed by atoms with Gasteiger partial charge in [-0.15, -0.1) is 0 Å². The highest BCUT2D eigenvalue weighted by atomic mass is 16.3. The molecule has 1 aliphatic rings. The molecule has 138 valence electrons. The number of nitrogens with one attached hydrogen (secondary N) is 1. The SMILES string of the molecule is CN(CC(=O)Nc1ccccc1)C(=O)Cc1coc2cc3c(cc12)CCC3. The second-order valence-corrected chi connectivity index (χ2v) is 7.07. The van der Waals surface area contributed by atoms with Crippen molar-refractivity contribution in [3.05, 3.63) is 65.4 Å². The van der Waals surface area contributed by atoms with Crippen LogP contribution in [0.3, 0.4) is 0 Å². The summed E-state index contributed by atoms with van der Waals surface area (Å²) in [6.07, 6.45) is 5.24. The van der Waals surface area contributed by atoms with Gasteiger partial charge in [-0.1, -0.05) is 18.2 Å². The Morgan fingerprint density at radius 3 is 2.63 bits per heavy atom. The van der Waals surface area contributed by atoms with Crippen LogP contribution in [0, 0.1) is 0 Å². The third-order valence-corrected chi connectivity index (χ3v) is 5.07. The van der Waals surface area contributed by atoms with Crippen molar-refractivity contribution in [1.29, 1.82) is 0 Å². The standard InChI is InChI=1S/C22H22N2O3/c1-24(13-21(25)23-18-8-3-2-4-9-18)22(26)12-17-14-27-20-11-16-7-5-6-15(16)10-19(17)20/h2-4,8-11,14H,5-7,12-13H2,1H3,(H,23,25). The topological polar surface area (TPSA) is 62.6 Å². The Morgan fingerprint density at radius 2 is 1.85 bits per heavy atom. The molecule has 1 heterocycles. The van der Waals surface area contributed by atoms with Crippen molar-refractivity contribution < 1.29 is 14.0 Å². The van der Waals surface area contributed by atoms with E-state index in [9.17, 15) is 9.59 Å². The summed E-state index contributed by atoms with van der Waals surface area (Å²) >= 11 is 0. The maximum absolute atomic E-state index is 12.6. The average Bonchev–Trinajstić information content (AvgIpc) is 3.27. The van der Waals surface area contributed by atoms with Crippen LogP contribution < -0.4 is 5.32 Å². The first-order valence-electron chi connectivity index (χ1n) is 9.21. The Labute approximate surface area is 158 Å². The van der Waals surface area contributed by atoms with Gasteiger partial charge in [-0.2, -0.15) is 0 Å². The van der Waals surface area contributed by atoms with E-state index in [1.54, 1.807) is 13.3 Å². The number of nitrogens with zero attached hydrogens (tertiary/aromatic N) is 1. The summed E-state index contributed by atoms with van der Waals surface area (Å²) < 4.78 is 5.67. The maximum Gasteiger partial charge on any atom is 0.243 e. The predicted molar refractivity (Wildman–Crippen MR) is 105 cm³/mol. The van der Waals surface area contributed by atoms with Gasteiger partial charge in [-0.25, -0.2) is 0 Å². The second kappa shape index (κ2) is 7.27. The van der Waals surface area contributed by atoms with E-state index in [0.29, 0.717) is 0 Å². The predicted octanol–water partition coefficient (Wildman–Crippen LogP) is 3.56. The maximum atomic E-state index is 12.6. The Hall–Kier alpha value is -3.08. The minimum Gasteiger partial charge on any atom is -0.464 e. The molecule has 1 aliphatic carbocycles. The minimum absolute atomic E-state index is 0.0128. The summed E-state index contributed by atoms with van der Waals surface area (Å²) in [5.74, 6) is -0.326. The van der Waals surface area contributed by atoms with Crippen molar-refractivity contribution in [3.8, 4) is 0 Å². The highest BCUT2D eigenvalue weighted by molar-refractivity contribution is 5.95. The average molecular weight is 362 g/mol. The minimum atomic E-state index is -0.216. The molecule has 0 saturated heterocycles. The van der Waals surface area contributed by atoms with Crippen molar-refractivity contribution in [2.24, 2.45) is 0 Å². The van der Waals surface area contributed by atoms with Crippen molar-refractivity contribution in [2.45, 2.75) is 25.7 Å². The second-order valence-electron chi connectivity index (χ2n) is 7.07. The summed E-state index contributed by atoms with van der Waals surface area (Å²) in [5, 5.41) is 3.80. The lowest BCUT2D eigenvalue weighted by atomic mass is 10.0. The van der Waals surface area contributed by atoms with E-state index in [0.717, 1.165) is 35.1 Å². The summed E-state index contributed by atoms with van der Waals surface area (Å²) in [6.45, 7) is 0.0128. The first-order chi connectivity index (χ1) is 13.1. The molecule has 0 fully saturated rings. The van der Waals surface area contributed by atoms with Crippen LogP contribution in [-0.4, -0.2) is 30.3 Å². The normalized spacial score (nSPS) is 12.8. The highest BCUT2D eigenvalue weighted by Crippen LogP contribution is 2.30. The van der Waals surface area contributed by atoms with Gasteiger partial charge in [0.2, 0.25) is 11.8 Å². The van der Waals surface area contributed by atoms with Crippen LogP contribution in [0.2, 0.25) is 0 Å². The molecule has 0 bridgehead atoms. The van der Waals surface area contributed by atoms with Gasteiger partial charge in [0, 0.05) is 23.7 Å². The summed E-state index contributed by atoms with van der Waals surface area (Å²) in [6, 6.07) is 13.5. The van der Waals surface area contributed by atoms with Crippen LogP contribution in [-0.2, 0) is 28.9 Å². The number of carbonyl (C=O) groups excluding carboxylic acids is 2. The fourth-order valence-corrected chi connectivity index (χ4v) is 3.61. The van der Waals surface area contributed by atoms with Gasteiger partial charge in [-0.05, 0) is 54.7 Å². The molecule has 1 N–H and O–H groups in total. The third-order valence-electron chi connectivity index (χ3n) is 5.07. The quantitative estimate of drug-likeness (QED) is 0.755. The van der Waals surface area contributed by atoms with Crippen LogP contribution in [0.4, 0.5) is 5.69 Å². The number of furan rings is 1. The lowest BCUT2D eigenvalue weighted by Crippen LogP contribution is -2.35. The van der Waals surface area contributed by atoms with Crippen molar-refractivity contribution >= 4 is 28.5 Å². The van der Waals surface area contributed by atoms with Crippen molar-refractivity contribution in [3.63, 3.8) is 0 Å². The molecule has 2 aromatic carbocycles. The molecule has 27 heavy (non-hydrogen) atoms. The van der Waals surface area contributed by atoms with Gasteiger partial charge < -0.3 is 14.6 Å². The Morgan fingerprint density at radius 1 is 1.11 bits per heavy atom. The van der Waals surface area contributed by atoms with Crippen LogP contribution in [0.15, 0.2) is 53.1 Å². The molecule has 0 radical (unpaired) electrons. The number of hydrogen-bond donors (Lipinski definition) is 1. The van der Waals surface area contributed by atoms with Crippen molar-refractivity contribution in [1.82, 2.24) is 4.90 Å². The van der Waals surface area contributed by atoms with Crippen LogP contribution in [0.1, 0.15) is 23.1 Å². The monoisotopic (exact) mass is 362 g/mol. The number of carbonyl (C=O) groups is 2.